The van der Waals surface area contributed by atoms with Crippen molar-refractivity contribution in [3.63, 3.8) is 0 Å². The van der Waals surface area contributed by atoms with E-state index in [0.717, 1.165) is 0 Å². The molecule has 0 radical (unpaired) electrons. The van der Waals surface area contributed by atoms with Crippen LogP contribution in [0.25, 0.3) is 0 Å². The number of anilines is 1. The Hall–Kier alpha value is -0.980. The van der Waals surface area contributed by atoms with E-state index in [-0.39, 0.29) is 0 Å². The lowest BCUT2D eigenvalue weighted by molar-refractivity contribution is 0.664. The third kappa shape index (κ3) is 2.48. The minimum Gasteiger partial charge on any atom is -0.372 e. The van der Waals surface area contributed by atoms with Gasteiger partial charge in [0, 0.05) is 18.8 Å². The molecule has 1 unspecified atom stereocenters. The van der Waals surface area contributed by atoms with Crippen LogP contribution in [-0.2, 0) is 0 Å². The van der Waals surface area contributed by atoms with Crippen LogP contribution < -0.4 is 4.90 Å². The second-order valence-electron chi connectivity index (χ2n) is 3.70. The number of nitrogens with zero attached hydrogens (tertiary/aromatic N) is 1. The van der Waals surface area contributed by atoms with Gasteiger partial charge in [0.2, 0.25) is 0 Å². The van der Waals surface area contributed by atoms with Gasteiger partial charge in [-0.3, -0.25) is 0 Å². The highest BCUT2D eigenvalue weighted by atomic mass is 15.1. The van der Waals surface area contributed by atoms with Crippen LogP contribution in [-0.4, -0.2) is 13.1 Å². The van der Waals surface area contributed by atoms with E-state index in [1.807, 2.05) is 0 Å². The van der Waals surface area contributed by atoms with Gasteiger partial charge in [-0.1, -0.05) is 24.6 Å². The monoisotopic (exact) mass is 177 g/mol. The molecule has 0 heterocycles. The largest absolute Gasteiger partial charge is 0.372 e. The molecule has 0 aliphatic rings. The highest BCUT2D eigenvalue weighted by molar-refractivity contribution is 5.47. The molecule has 0 fully saturated rings. The molecular formula is C12H19N. The molecule has 1 heteroatoms. The topological polar surface area (TPSA) is 3.24 Å². The normalized spacial score (nSPS) is 12.6. The summed E-state index contributed by atoms with van der Waals surface area (Å²) in [6.45, 7) is 6.59. The maximum atomic E-state index is 2.32. The van der Waals surface area contributed by atoms with Crippen molar-refractivity contribution in [2.45, 2.75) is 33.2 Å². The molecule has 1 nitrogen and oxygen atoms in total. The molecule has 0 saturated heterocycles. The molecule has 0 bridgehead atoms. The molecule has 0 aromatic heterocycles. The zero-order valence-corrected chi connectivity index (χ0v) is 9.04. The Kier molecular flexibility index (Phi) is 3.35. The second kappa shape index (κ2) is 4.31. The Morgan fingerprint density at radius 1 is 1.23 bits per heavy atom. The summed E-state index contributed by atoms with van der Waals surface area (Å²) in [7, 11) is 2.15. The predicted molar refractivity (Wildman–Crippen MR) is 59.3 cm³/mol. The van der Waals surface area contributed by atoms with Crippen molar-refractivity contribution >= 4 is 5.69 Å². The lowest BCUT2D eigenvalue weighted by atomic mass is 10.1. The van der Waals surface area contributed by atoms with Crippen LogP contribution in [0.2, 0.25) is 0 Å². The van der Waals surface area contributed by atoms with Gasteiger partial charge < -0.3 is 4.90 Å². The summed E-state index contributed by atoms with van der Waals surface area (Å²) in [5.74, 6) is 0. The van der Waals surface area contributed by atoms with E-state index in [0.29, 0.717) is 6.04 Å². The molecule has 1 rings (SSSR count). The van der Waals surface area contributed by atoms with Crippen LogP contribution in [0.5, 0.6) is 0 Å². The van der Waals surface area contributed by atoms with Crippen molar-refractivity contribution in [2.75, 3.05) is 11.9 Å². The Bertz CT molecular complexity index is 250. The summed E-state index contributed by atoms with van der Waals surface area (Å²) >= 11 is 0. The first-order chi connectivity index (χ1) is 6.15. The zero-order chi connectivity index (χ0) is 9.84. The van der Waals surface area contributed by atoms with Crippen molar-refractivity contribution < 1.29 is 0 Å². The summed E-state index contributed by atoms with van der Waals surface area (Å²) < 4.78 is 0. The van der Waals surface area contributed by atoms with Crippen molar-refractivity contribution in [3.8, 4) is 0 Å². The maximum Gasteiger partial charge on any atom is 0.0366 e. The van der Waals surface area contributed by atoms with Gasteiger partial charge in [-0.05, 0) is 32.4 Å². The highest BCUT2D eigenvalue weighted by Gasteiger charge is 2.06. The summed E-state index contributed by atoms with van der Waals surface area (Å²) in [6.07, 6.45) is 1.18. The lowest BCUT2D eigenvalue weighted by Crippen LogP contribution is -2.27. The van der Waals surface area contributed by atoms with Crippen LogP contribution in [0.4, 0.5) is 5.69 Å². The van der Waals surface area contributed by atoms with Crippen LogP contribution in [0.3, 0.4) is 0 Å². The SMILES string of the molecule is CCC(C)N(C)c1ccc(C)cc1. The lowest BCUT2D eigenvalue weighted by Gasteiger charge is -2.26. The summed E-state index contributed by atoms with van der Waals surface area (Å²) in [5.41, 5.74) is 2.63. The fourth-order valence-electron chi connectivity index (χ4n) is 1.31. The standard InChI is InChI=1S/C12H19N/c1-5-11(3)13(4)12-8-6-10(2)7-9-12/h6-9,11H,5H2,1-4H3. The van der Waals surface area contributed by atoms with Crippen molar-refractivity contribution in [3.05, 3.63) is 29.8 Å². The molecule has 13 heavy (non-hydrogen) atoms. The third-order valence-electron chi connectivity index (χ3n) is 2.69. The van der Waals surface area contributed by atoms with Crippen LogP contribution in [0.1, 0.15) is 25.8 Å². The Balaban J connectivity index is 2.77. The van der Waals surface area contributed by atoms with E-state index in [4.69, 9.17) is 0 Å². The van der Waals surface area contributed by atoms with E-state index in [9.17, 15) is 0 Å². The average Bonchev–Trinajstić information content (AvgIpc) is 2.17. The van der Waals surface area contributed by atoms with E-state index in [1.165, 1.54) is 17.7 Å². The van der Waals surface area contributed by atoms with Crippen molar-refractivity contribution in [2.24, 2.45) is 0 Å². The second-order valence-corrected chi connectivity index (χ2v) is 3.70. The van der Waals surface area contributed by atoms with Crippen LogP contribution in [0.15, 0.2) is 24.3 Å². The number of hydrogen-bond donors (Lipinski definition) is 0. The first-order valence-corrected chi connectivity index (χ1v) is 4.94. The molecule has 1 aromatic rings. The minimum atomic E-state index is 0.614. The van der Waals surface area contributed by atoms with Gasteiger partial charge in [0.15, 0.2) is 0 Å². The van der Waals surface area contributed by atoms with Gasteiger partial charge in [0.25, 0.3) is 0 Å². The number of rotatable bonds is 3. The Morgan fingerprint density at radius 2 is 1.77 bits per heavy atom. The number of hydrogen-bond acceptors (Lipinski definition) is 1. The first kappa shape index (κ1) is 10.1. The molecule has 1 aromatic carbocycles. The molecular weight excluding hydrogens is 158 g/mol. The Labute approximate surface area is 81.4 Å². The van der Waals surface area contributed by atoms with E-state index < -0.39 is 0 Å². The third-order valence-corrected chi connectivity index (χ3v) is 2.69. The fourth-order valence-corrected chi connectivity index (χ4v) is 1.31. The molecule has 1 atom stereocenters. The first-order valence-electron chi connectivity index (χ1n) is 4.94. The summed E-state index contributed by atoms with van der Waals surface area (Å²) in [6, 6.07) is 9.30. The van der Waals surface area contributed by atoms with Gasteiger partial charge in [0.1, 0.15) is 0 Å². The van der Waals surface area contributed by atoms with Gasteiger partial charge in [-0.15, -0.1) is 0 Å². The summed E-state index contributed by atoms with van der Waals surface area (Å²) in [5, 5.41) is 0. The van der Waals surface area contributed by atoms with Crippen molar-refractivity contribution in [1.82, 2.24) is 0 Å². The van der Waals surface area contributed by atoms with Gasteiger partial charge in [0.05, 0.1) is 0 Å². The van der Waals surface area contributed by atoms with Gasteiger partial charge >= 0.3 is 0 Å². The maximum absolute atomic E-state index is 2.32. The number of benzene rings is 1. The van der Waals surface area contributed by atoms with E-state index >= 15 is 0 Å². The molecule has 72 valence electrons. The highest BCUT2D eigenvalue weighted by Crippen LogP contribution is 2.16. The Morgan fingerprint density at radius 3 is 2.23 bits per heavy atom. The minimum absolute atomic E-state index is 0.614. The smallest absolute Gasteiger partial charge is 0.0366 e. The zero-order valence-electron chi connectivity index (χ0n) is 9.04. The number of aryl methyl sites for hydroxylation is 1. The van der Waals surface area contributed by atoms with Crippen LogP contribution in [0, 0.1) is 6.92 Å². The van der Waals surface area contributed by atoms with E-state index in [1.54, 1.807) is 0 Å². The molecule has 0 aliphatic carbocycles. The molecule has 0 amide bonds. The quantitative estimate of drug-likeness (QED) is 0.685. The van der Waals surface area contributed by atoms with Crippen LogP contribution >= 0.6 is 0 Å². The predicted octanol–water partition coefficient (Wildman–Crippen LogP) is 3.23. The average molecular weight is 177 g/mol. The molecule has 0 spiro atoms. The molecule has 0 aliphatic heterocycles. The van der Waals surface area contributed by atoms with Gasteiger partial charge in [-0.2, -0.15) is 0 Å². The van der Waals surface area contributed by atoms with Gasteiger partial charge in [-0.25, -0.2) is 0 Å². The molecule has 0 saturated carbocycles. The molecule has 0 N–H and O–H groups in total. The van der Waals surface area contributed by atoms with Crippen molar-refractivity contribution in [1.29, 1.82) is 0 Å². The summed E-state index contributed by atoms with van der Waals surface area (Å²) in [4.78, 5) is 2.32. The fraction of sp³-hybridized carbons (Fsp3) is 0.500. The van der Waals surface area contributed by atoms with E-state index in [2.05, 4.69) is 57.0 Å².